The fraction of sp³-hybridized carbons (Fsp3) is 0.633. The molecule has 12 heteroatoms. The minimum absolute atomic E-state index is 0.0392. The predicted molar refractivity (Wildman–Crippen MR) is 153 cm³/mol. The zero-order chi connectivity index (χ0) is 30.2. The molecule has 1 aromatic carbocycles. The number of hydrogen-bond acceptors (Lipinski definition) is 9. The second-order valence-electron chi connectivity index (χ2n) is 10.2. The van der Waals surface area contributed by atoms with E-state index in [4.69, 9.17) is 18.9 Å². The first kappa shape index (κ1) is 33.3. The Hall–Kier alpha value is -3.19. The Morgan fingerprint density at radius 2 is 1.45 bits per heavy atom. The summed E-state index contributed by atoms with van der Waals surface area (Å²) in [7, 11) is 0. The van der Waals surface area contributed by atoms with Gasteiger partial charge in [-0.05, 0) is 37.8 Å². The second-order valence-corrected chi connectivity index (χ2v) is 10.2. The van der Waals surface area contributed by atoms with Crippen molar-refractivity contribution in [3.63, 3.8) is 0 Å². The van der Waals surface area contributed by atoms with Gasteiger partial charge in [0, 0.05) is 26.1 Å². The molecule has 42 heavy (non-hydrogen) atoms. The average Bonchev–Trinajstić information content (AvgIpc) is 3.22. The van der Waals surface area contributed by atoms with Crippen molar-refractivity contribution in [2.24, 2.45) is 0 Å². The third kappa shape index (κ3) is 10.3. The van der Waals surface area contributed by atoms with Crippen molar-refractivity contribution in [3.05, 3.63) is 29.3 Å². The molecule has 1 saturated heterocycles. The third-order valence-corrected chi connectivity index (χ3v) is 6.94. The summed E-state index contributed by atoms with van der Waals surface area (Å²) in [6.45, 7) is 6.70. The molecule has 1 aromatic rings. The van der Waals surface area contributed by atoms with Gasteiger partial charge >= 0.3 is 0 Å². The normalized spacial score (nSPS) is 16.6. The number of hydrogen-bond donors (Lipinski definition) is 2. The summed E-state index contributed by atoms with van der Waals surface area (Å²) in [4.78, 5) is 63.2. The number of carbonyl (C=O) groups is 5. The third-order valence-electron chi connectivity index (χ3n) is 6.94. The van der Waals surface area contributed by atoms with Crippen LogP contribution in [0.25, 0.3) is 0 Å². The highest BCUT2D eigenvalue weighted by Crippen LogP contribution is 2.32. The van der Waals surface area contributed by atoms with Crippen LogP contribution in [0.3, 0.4) is 0 Å². The number of nitrogens with zero attached hydrogens (tertiary/aromatic N) is 1. The molecule has 1 unspecified atom stereocenters. The van der Waals surface area contributed by atoms with Gasteiger partial charge in [-0.1, -0.05) is 32.3 Å². The van der Waals surface area contributed by atoms with E-state index >= 15 is 0 Å². The number of imide groups is 2. The minimum atomic E-state index is -1.06. The van der Waals surface area contributed by atoms with Crippen LogP contribution in [-0.2, 0) is 33.3 Å². The van der Waals surface area contributed by atoms with Crippen molar-refractivity contribution < 1.29 is 42.9 Å². The molecule has 0 aromatic heterocycles. The molecule has 2 aliphatic rings. The topological polar surface area (TPSA) is 150 Å². The van der Waals surface area contributed by atoms with Crippen LogP contribution >= 0.6 is 0 Å². The van der Waals surface area contributed by atoms with Crippen molar-refractivity contribution in [2.45, 2.75) is 70.8 Å². The zero-order valence-corrected chi connectivity index (χ0v) is 24.5. The lowest BCUT2D eigenvalue weighted by Crippen LogP contribution is -2.54. The van der Waals surface area contributed by atoms with Crippen LogP contribution in [0, 0.1) is 0 Å². The number of fused-ring (bicyclic) bond motifs is 1. The van der Waals surface area contributed by atoms with Gasteiger partial charge in [0.15, 0.2) is 0 Å². The lowest BCUT2D eigenvalue weighted by atomic mass is 10.0. The second kappa shape index (κ2) is 18.4. The maximum atomic E-state index is 13.1. The van der Waals surface area contributed by atoms with E-state index in [1.165, 1.54) is 18.9 Å². The molecule has 0 bridgehead atoms. The number of anilines is 1. The number of benzene rings is 1. The van der Waals surface area contributed by atoms with Gasteiger partial charge in [0.2, 0.25) is 17.7 Å². The van der Waals surface area contributed by atoms with Gasteiger partial charge in [0.1, 0.15) is 6.04 Å². The summed E-state index contributed by atoms with van der Waals surface area (Å²) in [5, 5.41) is 4.90. The predicted octanol–water partition coefficient (Wildman–Crippen LogP) is 2.84. The smallest absolute Gasteiger partial charge is 0.264 e. The zero-order valence-electron chi connectivity index (χ0n) is 24.5. The number of ether oxygens (including phenoxy) is 4. The Balaban J connectivity index is 1.24. The maximum Gasteiger partial charge on any atom is 0.264 e. The highest BCUT2D eigenvalue weighted by atomic mass is 16.6. The van der Waals surface area contributed by atoms with Gasteiger partial charge in [-0.25, -0.2) is 0 Å². The Morgan fingerprint density at radius 1 is 0.833 bits per heavy atom. The number of piperidine rings is 1. The monoisotopic (exact) mass is 589 g/mol. The molecule has 2 N–H and O–H groups in total. The lowest BCUT2D eigenvalue weighted by molar-refractivity contribution is -0.136. The standard InChI is InChI=1S/C30H43N3O9/c1-2-3-6-14-39-16-18-41-20-21-42-19-17-40-15-7-4-5-11-25(34)31-23-10-8-9-22-27(23)30(38)33(29(22)37)24-12-13-26(35)32-28(24)36/h8-10,24H,2-7,11-21H2,1H3,(H,31,34)(H,32,35,36). The highest BCUT2D eigenvalue weighted by Gasteiger charge is 2.45. The Labute approximate surface area is 246 Å². The van der Waals surface area contributed by atoms with Gasteiger partial charge < -0.3 is 24.3 Å². The number of unbranched alkanes of at least 4 members (excludes halogenated alkanes) is 4. The van der Waals surface area contributed by atoms with Gasteiger partial charge in [-0.2, -0.15) is 0 Å². The fourth-order valence-corrected chi connectivity index (χ4v) is 4.71. The molecule has 12 nitrogen and oxygen atoms in total. The molecule has 3 rings (SSSR count). The van der Waals surface area contributed by atoms with E-state index in [-0.39, 0.29) is 42.0 Å². The van der Waals surface area contributed by atoms with Crippen molar-refractivity contribution >= 4 is 35.2 Å². The molecule has 1 fully saturated rings. The van der Waals surface area contributed by atoms with Crippen LogP contribution in [0.2, 0.25) is 0 Å². The molecule has 0 spiro atoms. The first-order chi connectivity index (χ1) is 20.4. The molecule has 1 atom stereocenters. The Bertz CT molecular complexity index is 1080. The van der Waals surface area contributed by atoms with Crippen LogP contribution in [-0.4, -0.2) is 93.3 Å². The first-order valence-corrected chi connectivity index (χ1v) is 14.9. The maximum absolute atomic E-state index is 13.1. The van der Waals surface area contributed by atoms with Gasteiger partial charge in [0.25, 0.3) is 11.8 Å². The molecule has 2 aliphatic heterocycles. The van der Waals surface area contributed by atoms with Crippen LogP contribution in [0.5, 0.6) is 0 Å². The first-order valence-electron chi connectivity index (χ1n) is 14.9. The van der Waals surface area contributed by atoms with E-state index in [0.717, 1.165) is 30.8 Å². The molecule has 0 radical (unpaired) electrons. The van der Waals surface area contributed by atoms with E-state index in [9.17, 15) is 24.0 Å². The summed E-state index contributed by atoms with van der Waals surface area (Å²) < 4.78 is 22.0. The van der Waals surface area contributed by atoms with E-state index in [1.54, 1.807) is 12.1 Å². The quantitative estimate of drug-likeness (QED) is 0.163. The molecule has 232 valence electrons. The van der Waals surface area contributed by atoms with Crippen LogP contribution in [0.4, 0.5) is 5.69 Å². The lowest BCUT2D eigenvalue weighted by Gasteiger charge is -2.27. The SMILES string of the molecule is CCCCCOCCOCCOCCOCCCCCC(=O)Nc1cccc2c1C(=O)N(C1CCC(=O)NC1=O)C2=O. The van der Waals surface area contributed by atoms with Gasteiger partial charge in [-0.3, -0.25) is 34.2 Å². The molecular weight excluding hydrogens is 546 g/mol. The Kier molecular flexibility index (Phi) is 14.6. The van der Waals surface area contributed by atoms with Gasteiger partial charge in [0.05, 0.1) is 56.5 Å². The summed E-state index contributed by atoms with van der Waals surface area (Å²) in [6.07, 6.45) is 6.04. The van der Waals surface area contributed by atoms with E-state index in [2.05, 4.69) is 17.6 Å². The average molecular weight is 590 g/mol. The van der Waals surface area contributed by atoms with E-state index in [0.29, 0.717) is 52.7 Å². The van der Waals surface area contributed by atoms with Gasteiger partial charge in [-0.15, -0.1) is 0 Å². The van der Waals surface area contributed by atoms with E-state index in [1.807, 2.05) is 0 Å². The molecular formula is C30H43N3O9. The molecule has 0 aliphatic carbocycles. The largest absolute Gasteiger partial charge is 0.379 e. The van der Waals surface area contributed by atoms with Crippen molar-refractivity contribution in [1.29, 1.82) is 0 Å². The number of rotatable bonds is 21. The molecule has 5 amide bonds. The molecule has 2 heterocycles. The fourth-order valence-electron chi connectivity index (χ4n) is 4.71. The number of carbonyl (C=O) groups excluding carboxylic acids is 5. The number of nitrogens with one attached hydrogen (secondary N) is 2. The van der Waals surface area contributed by atoms with E-state index < -0.39 is 29.7 Å². The van der Waals surface area contributed by atoms with Crippen molar-refractivity contribution in [2.75, 3.05) is 58.2 Å². The minimum Gasteiger partial charge on any atom is -0.379 e. The summed E-state index contributed by atoms with van der Waals surface area (Å²) in [5.74, 6) is -2.66. The van der Waals surface area contributed by atoms with Crippen LogP contribution in [0.1, 0.15) is 85.4 Å². The highest BCUT2D eigenvalue weighted by molar-refractivity contribution is 6.26. The summed E-state index contributed by atoms with van der Waals surface area (Å²) >= 11 is 0. The summed E-state index contributed by atoms with van der Waals surface area (Å²) in [5.41, 5.74) is 0.420. The van der Waals surface area contributed by atoms with Crippen LogP contribution in [0.15, 0.2) is 18.2 Å². The van der Waals surface area contributed by atoms with Crippen molar-refractivity contribution in [3.8, 4) is 0 Å². The molecule has 0 saturated carbocycles. The van der Waals surface area contributed by atoms with Crippen LogP contribution < -0.4 is 10.6 Å². The van der Waals surface area contributed by atoms with Crippen molar-refractivity contribution in [1.82, 2.24) is 10.2 Å². The summed E-state index contributed by atoms with van der Waals surface area (Å²) in [6, 6.07) is 3.56. The number of amides is 5. The Morgan fingerprint density at radius 3 is 2.07 bits per heavy atom.